The molecule has 0 aromatic heterocycles. The van der Waals surface area contributed by atoms with Crippen LogP contribution in [0, 0.1) is 23.2 Å². The molecule has 0 bridgehead atoms. The van der Waals surface area contributed by atoms with Gasteiger partial charge >= 0.3 is 6.09 Å². The largest absolute Gasteiger partial charge is 0.446 e. The number of ether oxygens (including phenoxy) is 1. The van der Waals surface area contributed by atoms with Crippen LogP contribution in [0.5, 0.6) is 0 Å². The van der Waals surface area contributed by atoms with Gasteiger partial charge in [-0.05, 0) is 42.2 Å². The van der Waals surface area contributed by atoms with Gasteiger partial charge < -0.3 is 14.8 Å². The molecule has 4 atom stereocenters. The second kappa shape index (κ2) is 9.09. The molecule has 0 aliphatic heterocycles. The molecule has 1 aromatic carbocycles. The number of alkyl carbamates (subject to hydrolysis) is 1. The van der Waals surface area contributed by atoms with Gasteiger partial charge in [-0.3, -0.25) is 0 Å². The van der Waals surface area contributed by atoms with E-state index in [0.29, 0.717) is 28.3 Å². The number of rotatable bonds is 6. The molecule has 150 valence electrons. The first kappa shape index (κ1) is 21.7. The van der Waals surface area contributed by atoms with Crippen LogP contribution in [0.1, 0.15) is 65.5 Å². The van der Waals surface area contributed by atoms with Crippen LogP contribution < -0.4 is 5.32 Å². The van der Waals surface area contributed by atoms with E-state index in [0.717, 1.165) is 19.1 Å². The Morgan fingerprint density at radius 1 is 1.30 bits per heavy atom. The van der Waals surface area contributed by atoms with Crippen molar-refractivity contribution in [3.05, 3.63) is 34.9 Å². The van der Waals surface area contributed by atoms with Crippen molar-refractivity contribution in [1.29, 1.82) is 0 Å². The molecule has 4 nitrogen and oxygen atoms in total. The average molecular weight is 394 g/mol. The van der Waals surface area contributed by atoms with Crippen molar-refractivity contribution >= 4 is 24.0 Å². The fourth-order valence-corrected chi connectivity index (χ4v) is 4.23. The zero-order valence-electron chi connectivity index (χ0n) is 17.0. The van der Waals surface area contributed by atoms with Gasteiger partial charge in [-0.15, -0.1) is 0 Å². The van der Waals surface area contributed by atoms with E-state index < -0.39 is 17.6 Å². The van der Waals surface area contributed by atoms with Crippen LogP contribution in [0.3, 0.4) is 0 Å². The maximum atomic E-state index is 12.8. The highest BCUT2D eigenvalue weighted by molar-refractivity contribution is 6.31. The SMILES string of the molecule is CC(C)[C@@H]1CC[C@@H](C)C[C@H]1OC(=O)NC(c1ccccc1Cl)C(C)(C)C=O. The number of carbonyl (C=O) groups excluding carboxylic acids is 2. The van der Waals surface area contributed by atoms with Crippen LogP contribution in [0.15, 0.2) is 24.3 Å². The van der Waals surface area contributed by atoms with Crippen LogP contribution in [-0.4, -0.2) is 18.5 Å². The number of aldehydes is 1. The molecule has 1 aliphatic carbocycles. The molecule has 5 heteroatoms. The zero-order chi connectivity index (χ0) is 20.2. The van der Waals surface area contributed by atoms with Crippen molar-refractivity contribution in [1.82, 2.24) is 5.32 Å². The molecule has 0 saturated heterocycles. The minimum absolute atomic E-state index is 0.0972. The van der Waals surface area contributed by atoms with Crippen LogP contribution in [0.25, 0.3) is 0 Å². The Kier molecular flexibility index (Phi) is 7.32. The van der Waals surface area contributed by atoms with Gasteiger partial charge in [0.15, 0.2) is 0 Å². The zero-order valence-corrected chi connectivity index (χ0v) is 17.8. The third-order valence-corrected chi connectivity index (χ3v) is 6.09. The maximum Gasteiger partial charge on any atom is 0.407 e. The van der Waals surface area contributed by atoms with E-state index in [1.807, 2.05) is 18.2 Å². The Labute approximate surface area is 168 Å². The van der Waals surface area contributed by atoms with Crippen molar-refractivity contribution in [2.45, 2.75) is 66.0 Å². The third-order valence-electron chi connectivity index (χ3n) is 5.75. The van der Waals surface area contributed by atoms with Crippen molar-refractivity contribution in [3.63, 3.8) is 0 Å². The minimum atomic E-state index is -0.818. The fraction of sp³-hybridized carbons (Fsp3) is 0.636. The summed E-state index contributed by atoms with van der Waals surface area (Å²) in [7, 11) is 0. The Morgan fingerprint density at radius 2 is 1.96 bits per heavy atom. The van der Waals surface area contributed by atoms with Gasteiger partial charge in [0.1, 0.15) is 12.4 Å². The topological polar surface area (TPSA) is 55.4 Å². The first-order valence-corrected chi connectivity index (χ1v) is 10.2. The van der Waals surface area contributed by atoms with E-state index in [-0.39, 0.29) is 6.10 Å². The number of benzene rings is 1. The first-order chi connectivity index (χ1) is 12.7. The Bertz CT molecular complexity index is 659. The van der Waals surface area contributed by atoms with Gasteiger partial charge in [0.05, 0.1) is 6.04 Å². The smallest absolute Gasteiger partial charge is 0.407 e. The molecule has 1 unspecified atom stereocenters. The van der Waals surface area contributed by atoms with Gasteiger partial charge in [0, 0.05) is 10.4 Å². The fourth-order valence-electron chi connectivity index (χ4n) is 3.98. The second-order valence-corrected chi connectivity index (χ2v) is 9.22. The Balaban J connectivity index is 2.18. The van der Waals surface area contributed by atoms with Crippen LogP contribution in [-0.2, 0) is 9.53 Å². The van der Waals surface area contributed by atoms with E-state index >= 15 is 0 Å². The highest BCUT2D eigenvalue weighted by Gasteiger charge is 2.37. The normalized spacial score (nSPS) is 24.3. The molecular formula is C22H32ClNO3. The predicted molar refractivity (Wildman–Crippen MR) is 109 cm³/mol. The first-order valence-electron chi connectivity index (χ1n) is 9.83. The number of hydrogen-bond donors (Lipinski definition) is 1. The average Bonchev–Trinajstić information content (AvgIpc) is 2.60. The molecule has 1 N–H and O–H groups in total. The van der Waals surface area contributed by atoms with E-state index in [4.69, 9.17) is 16.3 Å². The van der Waals surface area contributed by atoms with Gasteiger partial charge in [-0.1, -0.05) is 70.8 Å². The van der Waals surface area contributed by atoms with Gasteiger partial charge in [-0.2, -0.15) is 0 Å². The third kappa shape index (κ3) is 5.47. The molecule has 27 heavy (non-hydrogen) atoms. The minimum Gasteiger partial charge on any atom is -0.446 e. The number of carbonyl (C=O) groups is 2. The summed E-state index contributed by atoms with van der Waals surface area (Å²) >= 11 is 6.33. The Morgan fingerprint density at radius 3 is 2.56 bits per heavy atom. The van der Waals surface area contributed by atoms with E-state index in [1.54, 1.807) is 19.9 Å². The summed E-state index contributed by atoms with van der Waals surface area (Å²) < 4.78 is 5.86. The lowest BCUT2D eigenvalue weighted by Crippen LogP contribution is -2.43. The molecule has 0 radical (unpaired) electrons. The standard InChI is InChI=1S/C22H32ClNO3/c1-14(2)16-11-10-15(3)12-19(16)27-21(26)24-20(22(4,5)13-25)17-8-6-7-9-18(17)23/h6-9,13-16,19-20H,10-12H2,1-5H3,(H,24,26)/t15-,16+,19-,20?/m1/s1. The summed E-state index contributed by atoms with van der Waals surface area (Å²) in [5, 5.41) is 3.43. The van der Waals surface area contributed by atoms with E-state index in [2.05, 4.69) is 26.1 Å². The number of nitrogens with one attached hydrogen (secondary N) is 1. The van der Waals surface area contributed by atoms with Crippen LogP contribution in [0.4, 0.5) is 4.79 Å². The number of halogens is 1. The molecule has 0 spiro atoms. The number of amides is 1. The van der Waals surface area contributed by atoms with E-state index in [9.17, 15) is 9.59 Å². The highest BCUT2D eigenvalue weighted by atomic mass is 35.5. The summed E-state index contributed by atoms with van der Waals surface area (Å²) in [4.78, 5) is 24.4. The quantitative estimate of drug-likeness (QED) is 0.622. The van der Waals surface area contributed by atoms with Crippen molar-refractivity contribution in [3.8, 4) is 0 Å². The van der Waals surface area contributed by atoms with Gasteiger partial charge in [0.25, 0.3) is 0 Å². The van der Waals surface area contributed by atoms with Crippen LogP contribution >= 0.6 is 11.6 Å². The lowest BCUT2D eigenvalue weighted by molar-refractivity contribution is -0.116. The molecular weight excluding hydrogens is 362 g/mol. The summed E-state index contributed by atoms with van der Waals surface area (Å²) in [5.74, 6) is 1.37. The monoisotopic (exact) mass is 393 g/mol. The molecule has 1 amide bonds. The summed E-state index contributed by atoms with van der Waals surface area (Å²) in [6.07, 6.45) is 3.39. The molecule has 1 aliphatic rings. The summed E-state index contributed by atoms with van der Waals surface area (Å²) in [6.45, 7) is 10.1. The van der Waals surface area contributed by atoms with Crippen molar-refractivity contribution < 1.29 is 14.3 Å². The summed E-state index contributed by atoms with van der Waals surface area (Å²) in [6, 6.07) is 6.70. The lowest BCUT2D eigenvalue weighted by Gasteiger charge is -2.37. The van der Waals surface area contributed by atoms with Crippen LogP contribution in [0.2, 0.25) is 5.02 Å². The molecule has 1 saturated carbocycles. The molecule has 0 heterocycles. The summed E-state index contributed by atoms with van der Waals surface area (Å²) in [5.41, 5.74) is -0.105. The van der Waals surface area contributed by atoms with E-state index in [1.165, 1.54) is 6.42 Å². The van der Waals surface area contributed by atoms with Gasteiger partial charge in [0.2, 0.25) is 0 Å². The van der Waals surface area contributed by atoms with Crippen molar-refractivity contribution in [2.75, 3.05) is 0 Å². The lowest BCUT2D eigenvalue weighted by atomic mass is 9.75. The molecule has 1 fully saturated rings. The molecule has 2 rings (SSSR count). The highest BCUT2D eigenvalue weighted by Crippen LogP contribution is 2.37. The predicted octanol–water partition coefficient (Wildman–Crippen LogP) is 5.79. The second-order valence-electron chi connectivity index (χ2n) is 8.81. The van der Waals surface area contributed by atoms with Crippen molar-refractivity contribution in [2.24, 2.45) is 23.2 Å². The Hall–Kier alpha value is -1.55. The maximum absolute atomic E-state index is 12.8. The van der Waals surface area contributed by atoms with Gasteiger partial charge in [-0.25, -0.2) is 4.79 Å². The molecule has 1 aromatic rings. The number of hydrogen-bond acceptors (Lipinski definition) is 3.